The van der Waals surface area contributed by atoms with E-state index in [4.69, 9.17) is 13.3 Å². The number of rotatable bonds is 14. The molecule has 0 saturated carbocycles. The van der Waals surface area contributed by atoms with Crippen LogP contribution in [0, 0.1) is 0 Å². The molecular formula is C22H39IO5SSi. The SMILES string of the molecule is CC(C)[Si](OCCCC(COC(I)c1ccccc1)OS(C)(=O)=O)(C(C)C)C(C)C. The van der Waals surface area contributed by atoms with Crippen molar-refractivity contribution in [3.8, 4) is 0 Å². The highest BCUT2D eigenvalue weighted by Gasteiger charge is 2.44. The van der Waals surface area contributed by atoms with Crippen LogP contribution in [0.15, 0.2) is 30.3 Å². The van der Waals surface area contributed by atoms with Gasteiger partial charge in [-0.25, -0.2) is 0 Å². The Labute approximate surface area is 198 Å². The van der Waals surface area contributed by atoms with Crippen molar-refractivity contribution in [3.63, 3.8) is 0 Å². The van der Waals surface area contributed by atoms with Crippen LogP contribution >= 0.6 is 22.6 Å². The topological polar surface area (TPSA) is 61.8 Å². The van der Waals surface area contributed by atoms with Gasteiger partial charge in [-0.1, -0.05) is 71.9 Å². The third-order valence-corrected chi connectivity index (χ3v) is 13.3. The Morgan fingerprint density at radius 2 is 1.50 bits per heavy atom. The maximum absolute atomic E-state index is 11.7. The Hall–Kier alpha value is -0.00312. The second kappa shape index (κ2) is 12.9. The van der Waals surface area contributed by atoms with Gasteiger partial charge >= 0.3 is 0 Å². The quantitative estimate of drug-likeness (QED) is 0.0846. The van der Waals surface area contributed by atoms with Crippen LogP contribution in [-0.2, 0) is 23.5 Å². The Morgan fingerprint density at radius 1 is 0.967 bits per heavy atom. The molecule has 0 radical (unpaired) electrons. The molecule has 0 fully saturated rings. The molecule has 0 aliphatic heterocycles. The van der Waals surface area contributed by atoms with Crippen LogP contribution < -0.4 is 0 Å². The second-order valence-electron chi connectivity index (χ2n) is 8.79. The molecule has 0 aliphatic carbocycles. The zero-order valence-electron chi connectivity index (χ0n) is 19.4. The Morgan fingerprint density at radius 3 is 1.97 bits per heavy atom. The van der Waals surface area contributed by atoms with Gasteiger partial charge in [-0.2, -0.15) is 8.42 Å². The summed E-state index contributed by atoms with van der Waals surface area (Å²) in [6, 6.07) is 9.86. The molecule has 2 unspecified atom stereocenters. The molecular weight excluding hydrogens is 531 g/mol. The van der Waals surface area contributed by atoms with Gasteiger partial charge in [0.05, 0.1) is 12.9 Å². The fourth-order valence-corrected chi connectivity index (χ4v) is 11.1. The molecule has 0 aromatic heterocycles. The molecule has 5 nitrogen and oxygen atoms in total. The number of hydrogen-bond acceptors (Lipinski definition) is 5. The van der Waals surface area contributed by atoms with Crippen molar-refractivity contribution in [2.75, 3.05) is 19.5 Å². The molecule has 1 rings (SSSR count). The number of ether oxygens (including phenoxy) is 1. The summed E-state index contributed by atoms with van der Waals surface area (Å²) in [4.78, 5) is 0. The smallest absolute Gasteiger partial charge is 0.264 e. The summed E-state index contributed by atoms with van der Waals surface area (Å²) < 4.78 is 41.1. The largest absolute Gasteiger partial charge is 0.416 e. The average molecular weight is 571 g/mol. The van der Waals surface area contributed by atoms with Crippen LogP contribution in [0.25, 0.3) is 0 Å². The van der Waals surface area contributed by atoms with Crippen LogP contribution in [0.4, 0.5) is 0 Å². The van der Waals surface area contributed by atoms with E-state index < -0.39 is 24.5 Å². The van der Waals surface area contributed by atoms with Gasteiger partial charge in [0.1, 0.15) is 10.2 Å². The number of halogens is 1. The van der Waals surface area contributed by atoms with Gasteiger partial charge in [-0.05, 0) is 57.6 Å². The molecule has 8 heteroatoms. The van der Waals surface area contributed by atoms with E-state index in [-0.39, 0.29) is 10.7 Å². The molecule has 0 N–H and O–H groups in total. The first-order chi connectivity index (χ1) is 13.9. The molecule has 1 aromatic rings. The van der Waals surface area contributed by atoms with E-state index >= 15 is 0 Å². The highest BCUT2D eigenvalue weighted by Crippen LogP contribution is 2.42. The lowest BCUT2D eigenvalue weighted by Crippen LogP contribution is -2.48. The minimum atomic E-state index is -3.56. The van der Waals surface area contributed by atoms with Crippen molar-refractivity contribution in [2.45, 2.75) is 81.2 Å². The van der Waals surface area contributed by atoms with E-state index in [0.29, 0.717) is 29.7 Å². The van der Waals surface area contributed by atoms with E-state index in [1.807, 2.05) is 30.3 Å². The van der Waals surface area contributed by atoms with Gasteiger partial charge in [-0.3, -0.25) is 4.18 Å². The second-order valence-corrected chi connectivity index (χ2v) is 17.0. The van der Waals surface area contributed by atoms with Crippen LogP contribution in [0.1, 0.15) is 64.1 Å². The van der Waals surface area contributed by atoms with Crippen LogP contribution in [0.3, 0.4) is 0 Å². The number of hydrogen-bond donors (Lipinski definition) is 0. The molecule has 30 heavy (non-hydrogen) atoms. The summed E-state index contributed by atoms with van der Waals surface area (Å²) >= 11 is 2.21. The molecule has 1 aromatic carbocycles. The van der Waals surface area contributed by atoms with Gasteiger partial charge in [0.15, 0.2) is 8.32 Å². The lowest BCUT2D eigenvalue weighted by atomic mass is 10.2. The van der Waals surface area contributed by atoms with Gasteiger partial charge < -0.3 is 9.16 Å². The monoisotopic (exact) mass is 570 g/mol. The van der Waals surface area contributed by atoms with Crippen LogP contribution in [0.2, 0.25) is 16.6 Å². The lowest BCUT2D eigenvalue weighted by Gasteiger charge is -2.42. The summed E-state index contributed by atoms with van der Waals surface area (Å²) in [5.74, 6) is 0. The third-order valence-electron chi connectivity index (χ3n) is 5.53. The van der Waals surface area contributed by atoms with Gasteiger partial charge in [0, 0.05) is 6.61 Å². The van der Waals surface area contributed by atoms with Gasteiger partial charge in [-0.15, -0.1) is 0 Å². The number of alkyl halides is 1. The Balaban J connectivity index is 2.68. The highest BCUT2D eigenvalue weighted by molar-refractivity contribution is 14.1. The van der Waals surface area contributed by atoms with Crippen molar-refractivity contribution in [2.24, 2.45) is 0 Å². The fraction of sp³-hybridized carbons (Fsp3) is 0.727. The minimum Gasteiger partial charge on any atom is -0.416 e. The lowest BCUT2D eigenvalue weighted by molar-refractivity contribution is 0.0399. The molecule has 0 aliphatic rings. The third kappa shape index (κ3) is 8.86. The molecule has 0 heterocycles. The standard InChI is InChI=1S/C22H39IO5SSi/c1-17(2)30(18(3)4,19(5)6)27-15-11-14-21(28-29(7,24)25)16-26-22(23)20-12-9-8-10-13-20/h8-10,12-13,17-19,21-22H,11,14-16H2,1-7H3. The maximum Gasteiger partial charge on any atom is 0.264 e. The molecule has 2 atom stereocenters. The van der Waals surface area contributed by atoms with Crippen molar-refractivity contribution < 1.29 is 21.8 Å². The first-order valence-electron chi connectivity index (χ1n) is 10.7. The van der Waals surface area contributed by atoms with E-state index in [1.54, 1.807) is 0 Å². The van der Waals surface area contributed by atoms with Gasteiger partial charge in [0.25, 0.3) is 10.1 Å². The van der Waals surface area contributed by atoms with E-state index in [0.717, 1.165) is 18.2 Å². The minimum absolute atomic E-state index is 0.159. The van der Waals surface area contributed by atoms with E-state index in [1.165, 1.54) is 0 Å². The first-order valence-corrected chi connectivity index (χ1v) is 15.9. The number of benzene rings is 1. The molecule has 174 valence electrons. The normalized spacial score (nSPS) is 15.2. The van der Waals surface area contributed by atoms with Crippen molar-refractivity contribution in [1.29, 1.82) is 0 Å². The van der Waals surface area contributed by atoms with Crippen LogP contribution in [0.5, 0.6) is 0 Å². The zero-order chi connectivity index (χ0) is 22.9. The van der Waals surface area contributed by atoms with Gasteiger partial charge in [0.2, 0.25) is 0 Å². The summed E-state index contributed by atoms with van der Waals surface area (Å²) in [5.41, 5.74) is 2.61. The van der Waals surface area contributed by atoms with E-state index in [9.17, 15) is 8.42 Å². The summed E-state index contributed by atoms with van der Waals surface area (Å²) in [6.07, 6.45) is 1.88. The van der Waals surface area contributed by atoms with E-state index in [2.05, 4.69) is 64.1 Å². The predicted molar refractivity (Wildman–Crippen MR) is 135 cm³/mol. The molecule has 0 bridgehead atoms. The molecule has 0 spiro atoms. The molecule has 0 saturated heterocycles. The van der Waals surface area contributed by atoms with Crippen molar-refractivity contribution in [3.05, 3.63) is 35.9 Å². The summed E-state index contributed by atoms with van der Waals surface area (Å²) in [5, 5.41) is 0. The van der Waals surface area contributed by atoms with Crippen molar-refractivity contribution >= 4 is 41.0 Å². The van der Waals surface area contributed by atoms with Crippen molar-refractivity contribution in [1.82, 2.24) is 0 Å². The average Bonchev–Trinajstić information content (AvgIpc) is 2.64. The van der Waals surface area contributed by atoms with Crippen LogP contribution in [-0.4, -0.2) is 42.3 Å². The fourth-order valence-electron chi connectivity index (χ4n) is 4.36. The summed E-state index contributed by atoms with van der Waals surface area (Å²) in [6.45, 7) is 14.4. The Kier molecular flexibility index (Phi) is 12.0. The molecule has 0 amide bonds. The summed E-state index contributed by atoms with van der Waals surface area (Å²) in [7, 11) is -5.47. The zero-order valence-corrected chi connectivity index (χ0v) is 23.4. The predicted octanol–water partition coefficient (Wildman–Crippen LogP) is 6.45. The maximum atomic E-state index is 11.7. The first kappa shape index (κ1) is 28.0. The highest BCUT2D eigenvalue weighted by atomic mass is 127. The Bertz CT molecular complexity index is 688.